The molecule has 3 aromatic rings. The lowest BCUT2D eigenvalue weighted by Gasteiger charge is -2.29. The molecular weight excluding hydrogens is 657 g/mol. The Bertz CT molecular complexity index is 1870. The van der Waals surface area contributed by atoms with Gasteiger partial charge < -0.3 is 29.0 Å². The number of anilines is 1. The van der Waals surface area contributed by atoms with Gasteiger partial charge in [0, 0.05) is 13.1 Å². The van der Waals surface area contributed by atoms with E-state index < -0.39 is 46.6 Å². The number of carbonyl (C=O) groups excluding carboxylic acids is 2. The van der Waals surface area contributed by atoms with Crippen molar-refractivity contribution in [3.8, 4) is 0 Å². The third-order valence-electron chi connectivity index (χ3n) is 8.60. The minimum Gasteiger partial charge on any atom is -0.444 e. The first kappa shape index (κ1) is 33.9. The molecular formula is C32H36ClF3N6O6. The number of hydrogen-bond acceptors (Lipinski definition) is 8. The van der Waals surface area contributed by atoms with Gasteiger partial charge >= 0.3 is 12.3 Å². The zero-order valence-electron chi connectivity index (χ0n) is 26.9. The molecule has 258 valence electrons. The topological polar surface area (TPSA) is 129 Å². The molecule has 1 N–H and O–H groups in total. The summed E-state index contributed by atoms with van der Waals surface area (Å²) in [4.78, 5) is 47.1. The minimum absolute atomic E-state index is 0.00957. The number of carbonyl (C=O) groups is 2. The molecule has 48 heavy (non-hydrogen) atoms. The average molecular weight is 693 g/mol. The molecule has 3 aliphatic heterocycles. The molecule has 2 amide bonds. The molecule has 0 bridgehead atoms. The second kappa shape index (κ2) is 12.5. The number of ether oxygens (including phenoxy) is 3. The van der Waals surface area contributed by atoms with Gasteiger partial charge in [-0.25, -0.2) is 4.79 Å². The second-order valence-electron chi connectivity index (χ2n) is 13.2. The summed E-state index contributed by atoms with van der Waals surface area (Å²) in [7, 11) is 0. The highest BCUT2D eigenvalue weighted by Gasteiger charge is 2.49. The molecule has 6 rings (SSSR count). The van der Waals surface area contributed by atoms with Crippen molar-refractivity contribution in [2.24, 2.45) is 0 Å². The van der Waals surface area contributed by atoms with E-state index in [9.17, 15) is 27.6 Å². The van der Waals surface area contributed by atoms with Crippen LogP contribution in [0.15, 0.2) is 29.1 Å². The maximum atomic E-state index is 14.3. The van der Waals surface area contributed by atoms with Crippen molar-refractivity contribution in [1.29, 1.82) is 0 Å². The van der Waals surface area contributed by atoms with E-state index >= 15 is 0 Å². The molecule has 2 atom stereocenters. The number of hydrogen-bond donors (Lipinski definition) is 1. The molecule has 16 heteroatoms. The molecule has 2 aromatic heterocycles. The summed E-state index contributed by atoms with van der Waals surface area (Å²) in [6.45, 7) is 8.27. The predicted molar refractivity (Wildman–Crippen MR) is 169 cm³/mol. The van der Waals surface area contributed by atoms with Crippen LogP contribution in [0, 0.1) is 0 Å². The van der Waals surface area contributed by atoms with Gasteiger partial charge in [0.1, 0.15) is 17.7 Å². The zero-order valence-corrected chi connectivity index (χ0v) is 27.7. The van der Waals surface area contributed by atoms with E-state index in [4.69, 9.17) is 25.8 Å². The lowest BCUT2D eigenvalue weighted by molar-refractivity contribution is -0.137. The van der Waals surface area contributed by atoms with Gasteiger partial charge in [0.15, 0.2) is 5.82 Å². The second-order valence-corrected chi connectivity index (χ2v) is 13.6. The van der Waals surface area contributed by atoms with E-state index in [1.54, 1.807) is 37.2 Å². The highest BCUT2D eigenvalue weighted by molar-refractivity contribution is 6.33. The summed E-state index contributed by atoms with van der Waals surface area (Å²) in [5.41, 5.74) is -1.61. The fourth-order valence-corrected chi connectivity index (χ4v) is 6.74. The molecule has 0 radical (unpaired) electrons. The van der Waals surface area contributed by atoms with Crippen LogP contribution in [0.25, 0.3) is 11.4 Å². The van der Waals surface area contributed by atoms with Gasteiger partial charge in [-0.3, -0.25) is 9.59 Å². The lowest BCUT2D eigenvalue weighted by atomic mass is 9.87. The monoisotopic (exact) mass is 692 g/mol. The molecule has 0 aliphatic carbocycles. The van der Waals surface area contributed by atoms with Crippen LogP contribution < -0.4 is 10.9 Å². The van der Waals surface area contributed by atoms with E-state index in [2.05, 4.69) is 15.4 Å². The first-order valence-electron chi connectivity index (χ1n) is 15.7. The number of likely N-dealkylation sites (tertiary alicyclic amines) is 1. The summed E-state index contributed by atoms with van der Waals surface area (Å²) < 4.78 is 59.9. The molecule has 1 fully saturated rings. The molecule has 0 unspecified atom stereocenters. The van der Waals surface area contributed by atoms with E-state index in [1.807, 2.05) is 6.08 Å². The Morgan fingerprint density at radius 3 is 2.62 bits per heavy atom. The molecule has 1 saturated heterocycles. The van der Waals surface area contributed by atoms with Gasteiger partial charge in [-0.15, -0.1) is 5.10 Å². The summed E-state index contributed by atoms with van der Waals surface area (Å²) >= 11 is 6.12. The van der Waals surface area contributed by atoms with Gasteiger partial charge in [0.25, 0.3) is 5.56 Å². The van der Waals surface area contributed by atoms with Crippen molar-refractivity contribution in [2.75, 3.05) is 31.6 Å². The number of nitrogens with zero attached hydrogens (tertiary/aromatic N) is 5. The van der Waals surface area contributed by atoms with Crippen LogP contribution in [0.1, 0.15) is 82.1 Å². The Kier molecular flexibility index (Phi) is 8.83. The van der Waals surface area contributed by atoms with Gasteiger partial charge in [-0.05, 0) is 77.2 Å². The smallest absolute Gasteiger partial charge is 0.416 e. The third-order valence-corrected chi connectivity index (χ3v) is 8.91. The largest absolute Gasteiger partial charge is 0.444 e. The first-order valence-corrected chi connectivity index (χ1v) is 16.1. The van der Waals surface area contributed by atoms with Crippen molar-refractivity contribution in [1.82, 2.24) is 24.1 Å². The van der Waals surface area contributed by atoms with Gasteiger partial charge in [0.2, 0.25) is 11.7 Å². The SMILES string of the molecule is C[C@@H]1O[C@@]2(CCCN(C(=O)OC(C)(C)C)CC2)c2c1n(CC(=O)Nc1ccc(C(F)(F)F)cc1Cl)c1nc(C3=CCOCC3)nn1c2=O. The molecule has 1 spiro atoms. The molecule has 5 heterocycles. The van der Waals surface area contributed by atoms with Gasteiger partial charge in [-0.2, -0.15) is 22.7 Å². The zero-order chi connectivity index (χ0) is 34.6. The standard InChI is InChI=1S/C32H36ClF3N6O6/c1-18-25-24(31(47-18)10-5-12-40(13-11-31)29(45)48-30(2,3)4)27(44)42-28(38-26(39-42)19-8-14-46-15-9-19)41(25)17-23(43)37-22-7-6-20(16-21(22)33)32(34,35)36/h6-8,16,18H,5,9-15,17H2,1-4H3,(H,37,43)/t18-,31+/m0/s1. The number of nitrogens with one attached hydrogen (secondary N) is 1. The van der Waals surface area contributed by atoms with Gasteiger partial charge in [0.05, 0.1) is 46.8 Å². The maximum absolute atomic E-state index is 14.3. The van der Waals surface area contributed by atoms with Crippen LogP contribution in [0.5, 0.6) is 0 Å². The fourth-order valence-electron chi connectivity index (χ4n) is 6.51. The Morgan fingerprint density at radius 2 is 1.96 bits per heavy atom. The molecule has 1 aromatic carbocycles. The van der Waals surface area contributed by atoms with E-state index in [-0.39, 0.29) is 29.6 Å². The Morgan fingerprint density at radius 1 is 1.19 bits per heavy atom. The van der Waals surface area contributed by atoms with Crippen molar-refractivity contribution in [3.63, 3.8) is 0 Å². The van der Waals surface area contributed by atoms with Crippen LogP contribution in [0.2, 0.25) is 5.02 Å². The number of aromatic nitrogens is 4. The van der Waals surface area contributed by atoms with Crippen LogP contribution in [0.3, 0.4) is 0 Å². The van der Waals surface area contributed by atoms with Crippen molar-refractivity contribution in [3.05, 3.63) is 62.3 Å². The molecule has 3 aliphatic rings. The normalized spacial score (nSPS) is 21.6. The van der Waals surface area contributed by atoms with E-state index in [0.29, 0.717) is 62.5 Å². The van der Waals surface area contributed by atoms with Crippen LogP contribution in [-0.2, 0) is 37.3 Å². The Balaban J connectivity index is 1.41. The predicted octanol–water partition coefficient (Wildman–Crippen LogP) is 5.71. The highest BCUT2D eigenvalue weighted by Crippen LogP contribution is 2.48. The first-order chi connectivity index (χ1) is 22.6. The van der Waals surface area contributed by atoms with Gasteiger partial charge in [-0.1, -0.05) is 17.7 Å². The van der Waals surface area contributed by atoms with Crippen LogP contribution in [-0.4, -0.2) is 68.0 Å². The van der Waals surface area contributed by atoms with Crippen LogP contribution >= 0.6 is 11.6 Å². The summed E-state index contributed by atoms with van der Waals surface area (Å²) in [5.74, 6) is -0.200. The number of benzene rings is 1. The van der Waals surface area contributed by atoms with Crippen molar-refractivity contribution in [2.45, 2.75) is 83.4 Å². The number of fused-ring (bicyclic) bond motifs is 3. The van der Waals surface area contributed by atoms with E-state index in [1.165, 1.54) is 4.52 Å². The fraction of sp³-hybridized carbons (Fsp3) is 0.531. The van der Waals surface area contributed by atoms with E-state index in [0.717, 1.165) is 23.8 Å². The molecule has 12 nitrogen and oxygen atoms in total. The quantitative estimate of drug-likeness (QED) is 0.368. The number of rotatable bonds is 4. The number of alkyl halides is 3. The van der Waals surface area contributed by atoms with Crippen molar-refractivity contribution >= 4 is 40.6 Å². The number of halogens is 4. The van der Waals surface area contributed by atoms with Crippen LogP contribution in [0.4, 0.5) is 23.7 Å². The summed E-state index contributed by atoms with van der Waals surface area (Å²) in [6, 6.07) is 2.66. The summed E-state index contributed by atoms with van der Waals surface area (Å²) in [5, 5.41) is 6.88. The summed E-state index contributed by atoms with van der Waals surface area (Å²) in [6.07, 6.45) is -2.12. The maximum Gasteiger partial charge on any atom is 0.416 e. The highest BCUT2D eigenvalue weighted by atomic mass is 35.5. The average Bonchev–Trinajstić information content (AvgIpc) is 3.49. The molecule has 0 saturated carbocycles. The minimum atomic E-state index is -4.60. The Labute approximate surface area is 278 Å². The third kappa shape index (κ3) is 6.54. The lowest BCUT2D eigenvalue weighted by Crippen LogP contribution is -2.39. The van der Waals surface area contributed by atoms with Crippen molar-refractivity contribution < 1.29 is 37.0 Å². The number of amides is 2. The Hall–Kier alpha value is -3.95.